The first-order chi connectivity index (χ1) is 12.9. The van der Waals surface area contributed by atoms with Crippen LogP contribution in [0, 0.1) is 0 Å². The van der Waals surface area contributed by atoms with E-state index < -0.39 is 0 Å². The minimum absolute atomic E-state index is 0.240. The molecule has 0 radical (unpaired) electrons. The molecule has 0 amide bonds. The van der Waals surface area contributed by atoms with Crippen molar-refractivity contribution in [2.24, 2.45) is 0 Å². The van der Waals surface area contributed by atoms with Gasteiger partial charge in [-0.25, -0.2) is 4.79 Å². The number of quaternary nitrogens is 2. The van der Waals surface area contributed by atoms with Crippen LogP contribution in [0.1, 0.15) is 58.6 Å². The van der Waals surface area contributed by atoms with Gasteiger partial charge in [0.05, 0.1) is 31.9 Å². The monoisotopic (exact) mass is 398 g/mol. The maximum Gasteiger partial charge on any atom is 0.368 e. The normalized spacial score (nSPS) is 22.0. The summed E-state index contributed by atoms with van der Waals surface area (Å²) in [6.07, 6.45) is 7.52. The van der Waals surface area contributed by atoms with Crippen molar-refractivity contribution in [2.45, 2.75) is 65.1 Å². The third kappa shape index (κ3) is 5.99. The number of likely N-dealkylation sites (N-methyl/N-ethyl adjacent to an activating group) is 1. The molecule has 0 fully saturated rings. The van der Waals surface area contributed by atoms with Gasteiger partial charge in [-0.15, -0.1) is 4.37 Å². The standard InChI is InChI=1S/C19H33N4O3S/c1-5-6-7-8-12-25-18-17(21-27-22-18)16-10-9-11-23(4,13-16)15(3)26-19(24)14(2)20/h10,14-15H,5-9,11-13,20H2,1-4H3/q+1/p+1/t14-,15-,23?/m0/s1. The van der Waals surface area contributed by atoms with Crippen molar-refractivity contribution in [3.63, 3.8) is 0 Å². The Morgan fingerprint density at radius 2 is 2.11 bits per heavy atom. The lowest BCUT2D eigenvalue weighted by Crippen LogP contribution is -2.65. The van der Waals surface area contributed by atoms with Gasteiger partial charge in [-0.2, -0.15) is 4.37 Å². The first-order valence-electron chi connectivity index (χ1n) is 9.90. The van der Waals surface area contributed by atoms with Crippen molar-refractivity contribution in [3.05, 3.63) is 11.8 Å². The Balaban J connectivity index is 2.00. The van der Waals surface area contributed by atoms with Gasteiger partial charge in [-0.1, -0.05) is 32.3 Å². The van der Waals surface area contributed by atoms with E-state index in [1.165, 1.54) is 31.0 Å². The average molecular weight is 399 g/mol. The Labute approximate surface area is 166 Å². The zero-order valence-electron chi connectivity index (χ0n) is 17.1. The van der Waals surface area contributed by atoms with Gasteiger partial charge in [-0.05, 0) is 13.3 Å². The highest BCUT2D eigenvalue weighted by atomic mass is 32.1. The van der Waals surface area contributed by atoms with E-state index in [0.29, 0.717) is 17.0 Å². The molecule has 7 nitrogen and oxygen atoms in total. The summed E-state index contributed by atoms with van der Waals surface area (Å²) in [6, 6.07) is -0.366. The molecule has 0 saturated heterocycles. The summed E-state index contributed by atoms with van der Waals surface area (Å²) in [4.78, 5) is 11.9. The van der Waals surface area contributed by atoms with Crippen LogP contribution in [0.3, 0.4) is 0 Å². The van der Waals surface area contributed by atoms with E-state index in [1.54, 1.807) is 6.92 Å². The van der Waals surface area contributed by atoms with Gasteiger partial charge in [0.15, 0.2) is 6.04 Å². The van der Waals surface area contributed by atoms with Crippen LogP contribution < -0.4 is 10.5 Å². The molecule has 0 spiro atoms. The molecule has 0 saturated carbocycles. The number of ether oxygens (including phenoxy) is 2. The van der Waals surface area contributed by atoms with Gasteiger partial charge in [0, 0.05) is 18.9 Å². The highest BCUT2D eigenvalue weighted by molar-refractivity contribution is 6.99. The minimum atomic E-state index is -0.366. The van der Waals surface area contributed by atoms with E-state index in [4.69, 9.17) is 9.47 Å². The summed E-state index contributed by atoms with van der Waals surface area (Å²) in [5, 5.41) is 0. The third-order valence-electron chi connectivity index (χ3n) is 5.13. The summed E-state index contributed by atoms with van der Waals surface area (Å²) in [7, 11) is 2.11. The molecule has 2 rings (SSSR count). The van der Waals surface area contributed by atoms with Crippen LogP contribution in [0.2, 0.25) is 0 Å². The average Bonchev–Trinajstić information content (AvgIpc) is 3.10. The zero-order valence-corrected chi connectivity index (χ0v) is 17.9. The molecule has 1 aromatic rings. The molecule has 0 aromatic carbocycles. The molecule has 8 heteroatoms. The number of hydrogen-bond donors (Lipinski definition) is 1. The lowest BCUT2D eigenvalue weighted by atomic mass is 10.0. The predicted molar refractivity (Wildman–Crippen MR) is 106 cm³/mol. The molecule has 3 atom stereocenters. The van der Waals surface area contributed by atoms with Crippen molar-refractivity contribution in [1.82, 2.24) is 8.75 Å². The highest BCUT2D eigenvalue weighted by Gasteiger charge is 2.37. The fourth-order valence-electron chi connectivity index (χ4n) is 3.13. The summed E-state index contributed by atoms with van der Waals surface area (Å²) in [6.45, 7) is 8.22. The first-order valence-corrected chi connectivity index (χ1v) is 10.6. The molecule has 27 heavy (non-hydrogen) atoms. The van der Waals surface area contributed by atoms with E-state index in [2.05, 4.69) is 34.5 Å². The second-order valence-electron chi connectivity index (χ2n) is 7.64. The number of carbonyl (C=O) groups is 1. The summed E-state index contributed by atoms with van der Waals surface area (Å²) in [5.74, 6) is 0.372. The molecule has 152 valence electrons. The van der Waals surface area contributed by atoms with Gasteiger partial charge in [0.2, 0.25) is 6.23 Å². The molecule has 3 N–H and O–H groups in total. The number of unbranched alkanes of at least 4 members (excludes halogenated alkanes) is 3. The fourth-order valence-corrected chi connectivity index (χ4v) is 3.66. The van der Waals surface area contributed by atoms with Crippen molar-refractivity contribution in [3.8, 4) is 5.88 Å². The Bertz CT molecular complexity index is 647. The van der Waals surface area contributed by atoms with Gasteiger partial charge >= 0.3 is 5.97 Å². The maximum atomic E-state index is 11.9. The lowest BCUT2D eigenvalue weighted by Gasteiger charge is -2.41. The van der Waals surface area contributed by atoms with Crippen LogP contribution in [-0.2, 0) is 9.53 Å². The van der Waals surface area contributed by atoms with Crippen molar-refractivity contribution < 1.29 is 24.5 Å². The Kier molecular flexibility index (Phi) is 8.19. The van der Waals surface area contributed by atoms with Crippen molar-refractivity contribution >= 4 is 23.3 Å². The van der Waals surface area contributed by atoms with E-state index in [1.807, 2.05) is 6.92 Å². The summed E-state index contributed by atoms with van der Waals surface area (Å²) >= 11 is 1.18. The number of hydrogen-bond acceptors (Lipinski definition) is 6. The molecule has 1 aromatic heterocycles. The van der Waals surface area contributed by atoms with Gasteiger partial charge in [-0.3, -0.25) is 4.48 Å². The van der Waals surface area contributed by atoms with Gasteiger partial charge < -0.3 is 15.2 Å². The molecule has 2 heterocycles. The summed E-state index contributed by atoms with van der Waals surface area (Å²) in [5.41, 5.74) is 5.70. The van der Waals surface area contributed by atoms with E-state index in [0.717, 1.165) is 37.2 Å². The Morgan fingerprint density at radius 3 is 2.81 bits per heavy atom. The van der Waals surface area contributed by atoms with Crippen molar-refractivity contribution in [1.29, 1.82) is 0 Å². The third-order valence-corrected chi connectivity index (χ3v) is 5.64. The Hall–Kier alpha value is -1.51. The number of nitrogens with zero attached hydrogens (tertiary/aromatic N) is 3. The first kappa shape index (κ1) is 21.8. The van der Waals surface area contributed by atoms with Gasteiger partial charge in [0.1, 0.15) is 12.2 Å². The zero-order chi connectivity index (χ0) is 19.9. The molecule has 1 aliphatic rings. The molecular weight excluding hydrogens is 364 g/mol. The van der Waals surface area contributed by atoms with Gasteiger partial charge in [0.25, 0.3) is 5.88 Å². The number of esters is 1. The molecule has 1 aliphatic heterocycles. The smallest absolute Gasteiger partial charge is 0.368 e. The number of aromatic nitrogens is 2. The molecule has 1 unspecified atom stereocenters. The van der Waals surface area contributed by atoms with Crippen LogP contribution in [-0.4, -0.2) is 58.2 Å². The van der Waals surface area contributed by atoms with Crippen LogP contribution in [0.25, 0.3) is 5.57 Å². The number of rotatable bonds is 10. The predicted octanol–water partition coefficient (Wildman–Crippen LogP) is 2.25. The van der Waals surface area contributed by atoms with Crippen molar-refractivity contribution in [2.75, 3.05) is 26.7 Å². The molecular formula is C19H34N4O3S+2. The van der Waals surface area contributed by atoms with Crippen LogP contribution >= 0.6 is 11.7 Å². The number of carbonyl (C=O) groups excluding carboxylic acids is 1. The topological polar surface area (TPSA) is 89.0 Å². The largest absolute Gasteiger partial charge is 0.475 e. The maximum absolute atomic E-state index is 11.9. The summed E-state index contributed by atoms with van der Waals surface area (Å²) < 4.78 is 21.0. The Morgan fingerprint density at radius 1 is 1.33 bits per heavy atom. The van der Waals surface area contributed by atoms with E-state index in [9.17, 15) is 4.79 Å². The SMILES string of the molecule is CCCCCCOc1nsnc1C1=CCC[N+](C)([C@H](C)OC(=O)[C@H](C)[NH3+])C1. The van der Waals surface area contributed by atoms with Crippen LogP contribution in [0.5, 0.6) is 5.88 Å². The second-order valence-corrected chi connectivity index (χ2v) is 8.17. The minimum Gasteiger partial charge on any atom is -0.475 e. The van der Waals surface area contributed by atoms with Crippen LogP contribution in [0.4, 0.5) is 0 Å². The van der Waals surface area contributed by atoms with E-state index >= 15 is 0 Å². The molecule has 0 bridgehead atoms. The highest BCUT2D eigenvalue weighted by Crippen LogP contribution is 2.31. The fraction of sp³-hybridized carbons (Fsp3) is 0.737. The van der Waals surface area contributed by atoms with E-state index in [-0.39, 0.29) is 18.2 Å². The quantitative estimate of drug-likeness (QED) is 0.371. The lowest BCUT2D eigenvalue weighted by molar-refractivity contribution is -0.944. The van der Waals surface area contributed by atoms with Crippen LogP contribution in [0.15, 0.2) is 6.08 Å². The second kappa shape index (κ2) is 10.1. The molecule has 0 aliphatic carbocycles.